The molecule has 0 bridgehead atoms. The SMILES string of the molecule is CCc1ccc2c(CSc3nncn3-c3ccc(C)cc3C)cc(=O)oc2c1. The predicted molar refractivity (Wildman–Crippen MR) is 112 cm³/mol. The molecular formula is C22H21N3O2S. The number of rotatable bonds is 5. The summed E-state index contributed by atoms with van der Waals surface area (Å²) in [6.45, 7) is 6.24. The number of hydrogen-bond donors (Lipinski definition) is 0. The molecule has 2 aromatic heterocycles. The van der Waals surface area contributed by atoms with E-state index in [1.807, 2.05) is 16.7 Å². The maximum absolute atomic E-state index is 12.0. The number of benzene rings is 2. The predicted octanol–water partition coefficient (Wildman–Crippen LogP) is 4.85. The standard InChI is InChI=1S/C22H21N3O2S/c1-4-16-6-7-18-17(11-21(26)27-20(18)10-16)12-28-22-24-23-13-25(22)19-8-5-14(2)9-15(19)3/h5-11,13H,4,12H2,1-3H3. The summed E-state index contributed by atoms with van der Waals surface area (Å²) in [5.41, 5.74) is 5.84. The third-order valence-electron chi connectivity index (χ3n) is 4.79. The Morgan fingerprint density at radius 2 is 1.96 bits per heavy atom. The van der Waals surface area contributed by atoms with Crippen LogP contribution in [0.2, 0.25) is 0 Å². The molecule has 4 rings (SSSR count). The molecule has 0 spiro atoms. The average Bonchev–Trinajstić information content (AvgIpc) is 3.13. The molecule has 0 saturated heterocycles. The normalized spacial score (nSPS) is 11.2. The van der Waals surface area contributed by atoms with E-state index in [4.69, 9.17) is 4.42 Å². The Morgan fingerprint density at radius 1 is 1.11 bits per heavy atom. The zero-order valence-electron chi connectivity index (χ0n) is 16.1. The van der Waals surface area contributed by atoms with E-state index < -0.39 is 0 Å². The molecule has 28 heavy (non-hydrogen) atoms. The number of hydrogen-bond acceptors (Lipinski definition) is 5. The van der Waals surface area contributed by atoms with Crippen molar-refractivity contribution in [1.29, 1.82) is 0 Å². The lowest BCUT2D eigenvalue weighted by molar-refractivity contribution is 0.559. The van der Waals surface area contributed by atoms with E-state index in [1.54, 1.807) is 24.2 Å². The molecule has 0 radical (unpaired) electrons. The molecule has 0 aliphatic carbocycles. The van der Waals surface area contributed by atoms with Gasteiger partial charge in [0.1, 0.15) is 11.9 Å². The van der Waals surface area contributed by atoms with Crippen molar-refractivity contribution in [2.75, 3.05) is 0 Å². The van der Waals surface area contributed by atoms with Crippen molar-refractivity contribution in [3.63, 3.8) is 0 Å². The fourth-order valence-corrected chi connectivity index (χ4v) is 4.23. The van der Waals surface area contributed by atoms with E-state index in [9.17, 15) is 4.79 Å². The van der Waals surface area contributed by atoms with E-state index in [2.05, 4.69) is 55.2 Å². The number of fused-ring (bicyclic) bond motifs is 1. The maximum Gasteiger partial charge on any atom is 0.336 e. The highest BCUT2D eigenvalue weighted by Gasteiger charge is 2.12. The highest BCUT2D eigenvalue weighted by Crippen LogP contribution is 2.28. The van der Waals surface area contributed by atoms with E-state index in [0.29, 0.717) is 11.3 Å². The Balaban J connectivity index is 1.66. The van der Waals surface area contributed by atoms with Gasteiger partial charge in [0.05, 0.1) is 5.69 Å². The molecule has 0 atom stereocenters. The summed E-state index contributed by atoms with van der Waals surface area (Å²) in [4.78, 5) is 12.0. The third-order valence-corrected chi connectivity index (χ3v) is 5.78. The zero-order chi connectivity index (χ0) is 19.7. The second-order valence-electron chi connectivity index (χ2n) is 6.84. The molecule has 0 aliphatic heterocycles. The van der Waals surface area contributed by atoms with Gasteiger partial charge in [0, 0.05) is 17.2 Å². The number of thioether (sulfide) groups is 1. The fourth-order valence-electron chi connectivity index (χ4n) is 3.32. The molecule has 0 saturated carbocycles. The van der Waals surface area contributed by atoms with Crippen LogP contribution in [0.3, 0.4) is 0 Å². The van der Waals surface area contributed by atoms with Gasteiger partial charge >= 0.3 is 5.63 Å². The van der Waals surface area contributed by atoms with Gasteiger partial charge in [-0.1, -0.05) is 48.5 Å². The minimum absolute atomic E-state index is 0.327. The smallest absolute Gasteiger partial charge is 0.336 e. The van der Waals surface area contributed by atoms with Crippen LogP contribution in [0.1, 0.15) is 29.2 Å². The van der Waals surface area contributed by atoms with Gasteiger partial charge in [-0.2, -0.15) is 0 Å². The minimum Gasteiger partial charge on any atom is -0.423 e. The third kappa shape index (κ3) is 3.60. The first kappa shape index (κ1) is 18.5. The lowest BCUT2D eigenvalue weighted by Crippen LogP contribution is -2.02. The van der Waals surface area contributed by atoms with Crippen molar-refractivity contribution in [2.24, 2.45) is 0 Å². The van der Waals surface area contributed by atoms with Crippen molar-refractivity contribution in [3.05, 3.63) is 81.5 Å². The van der Waals surface area contributed by atoms with Crippen LogP contribution in [-0.2, 0) is 12.2 Å². The van der Waals surface area contributed by atoms with Crippen molar-refractivity contribution < 1.29 is 4.42 Å². The molecule has 4 aromatic rings. The lowest BCUT2D eigenvalue weighted by atomic mass is 10.1. The van der Waals surface area contributed by atoms with Crippen LogP contribution in [0.25, 0.3) is 16.7 Å². The second-order valence-corrected chi connectivity index (χ2v) is 7.78. The van der Waals surface area contributed by atoms with Crippen molar-refractivity contribution >= 4 is 22.7 Å². The first-order chi connectivity index (χ1) is 13.5. The highest BCUT2D eigenvalue weighted by molar-refractivity contribution is 7.98. The summed E-state index contributed by atoms with van der Waals surface area (Å²) < 4.78 is 7.39. The van der Waals surface area contributed by atoms with Crippen LogP contribution < -0.4 is 5.63 Å². The summed E-state index contributed by atoms with van der Waals surface area (Å²) >= 11 is 1.56. The van der Waals surface area contributed by atoms with Gasteiger partial charge < -0.3 is 4.42 Å². The second kappa shape index (κ2) is 7.64. The Morgan fingerprint density at radius 3 is 2.75 bits per heavy atom. The number of aromatic nitrogens is 3. The van der Waals surface area contributed by atoms with E-state index in [0.717, 1.165) is 33.8 Å². The molecule has 2 aromatic carbocycles. The summed E-state index contributed by atoms with van der Waals surface area (Å²) in [6, 6.07) is 13.9. The largest absolute Gasteiger partial charge is 0.423 e. The molecular weight excluding hydrogens is 370 g/mol. The minimum atomic E-state index is -0.327. The summed E-state index contributed by atoms with van der Waals surface area (Å²) in [6.07, 6.45) is 2.63. The van der Waals surface area contributed by atoms with Crippen LogP contribution in [-0.4, -0.2) is 14.8 Å². The maximum atomic E-state index is 12.0. The Kier molecular flexibility index (Phi) is 5.05. The van der Waals surface area contributed by atoms with Gasteiger partial charge in [0.2, 0.25) is 0 Å². The van der Waals surface area contributed by atoms with Gasteiger partial charge in [0.25, 0.3) is 0 Å². The molecule has 5 nitrogen and oxygen atoms in total. The van der Waals surface area contributed by atoms with Crippen LogP contribution in [0.15, 0.2) is 63.2 Å². The molecule has 2 heterocycles. The van der Waals surface area contributed by atoms with E-state index in [1.165, 1.54) is 11.1 Å². The molecule has 0 fully saturated rings. The number of aryl methyl sites for hydroxylation is 3. The summed E-state index contributed by atoms with van der Waals surface area (Å²) in [7, 11) is 0. The first-order valence-electron chi connectivity index (χ1n) is 9.21. The monoisotopic (exact) mass is 391 g/mol. The average molecular weight is 391 g/mol. The van der Waals surface area contributed by atoms with Gasteiger partial charge in [-0.25, -0.2) is 4.79 Å². The summed E-state index contributed by atoms with van der Waals surface area (Å²) in [5, 5.41) is 10.1. The fraction of sp³-hybridized carbons (Fsp3) is 0.227. The lowest BCUT2D eigenvalue weighted by Gasteiger charge is -2.11. The van der Waals surface area contributed by atoms with Crippen molar-refractivity contribution in [2.45, 2.75) is 38.1 Å². The van der Waals surface area contributed by atoms with Crippen molar-refractivity contribution in [1.82, 2.24) is 14.8 Å². The van der Waals surface area contributed by atoms with Crippen LogP contribution in [0.5, 0.6) is 0 Å². The van der Waals surface area contributed by atoms with E-state index in [-0.39, 0.29) is 5.63 Å². The molecule has 0 aliphatic rings. The van der Waals surface area contributed by atoms with Crippen LogP contribution in [0.4, 0.5) is 0 Å². The Bertz CT molecular complexity index is 1210. The van der Waals surface area contributed by atoms with Gasteiger partial charge in [-0.3, -0.25) is 4.57 Å². The molecule has 0 N–H and O–H groups in total. The molecule has 0 amide bonds. The molecule has 142 valence electrons. The summed E-state index contributed by atoms with van der Waals surface area (Å²) in [5.74, 6) is 0.608. The topological polar surface area (TPSA) is 60.9 Å². The first-order valence-corrected chi connectivity index (χ1v) is 10.2. The number of nitrogens with zero attached hydrogens (tertiary/aromatic N) is 3. The molecule has 6 heteroatoms. The van der Waals surface area contributed by atoms with Gasteiger partial charge in [0.15, 0.2) is 5.16 Å². The van der Waals surface area contributed by atoms with Crippen LogP contribution in [0, 0.1) is 13.8 Å². The van der Waals surface area contributed by atoms with Gasteiger partial charge in [-0.05, 0) is 49.1 Å². The quantitative estimate of drug-likeness (QED) is 0.360. The zero-order valence-corrected chi connectivity index (χ0v) is 16.9. The Labute approximate surface area is 167 Å². The Hall–Kier alpha value is -2.86. The van der Waals surface area contributed by atoms with Gasteiger partial charge in [-0.15, -0.1) is 10.2 Å². The van der Waals surface area contributed by atoms with Crippen molar-refractivity contribution in [3.8, 4) is 5.69 Å². The highest BCUT2D eigenvalue weighted by atomic mass is 32.2. The van der Waals surface area contributed by atoms with E-state index >= 15 is 0 Å². The van der Waals surface area contributed by atoms with Crippen LogP contribution >= 0.6 is 11.8 Å². The molecule has 0 unspecified atom stereocenters.